The van der Waals surface area contributed by atoms with Gasteiger partial charge in [-0.1, -0.05) is 0 Å². The molecule has 3 aromatic rings. The molecule has 0 fully saturated rings. The number of hydrogen-bond acceptors (Lipinski definition) is 3. The molecule has 134 valence electrons. The second kappa shape index (κ2) is 6.62. The van der Waals surface area contributed by atoms with E-state index in [-0.39, 0.29) is 11.4 Å². The fourth-order valence-electron chi connectivity index (χ4n) is 2.48. The van der Waals surface area contributed by atoms with Crippen LogP contribution in [0.1, 0.15) is 27.4 Å². The highest BCUT2D eigenvalue weighted by molar-refractivity contribution is 6.03. The molecule has 0 aliphatic rings. The number of carbonyl (C=O) groups excluding carboxylic acids is 1. The van der Waals surface area contributed by atoms with Gasteiger partial charge in [0.15, 0.2) is 5.69 Å². The summed E-state index contributed by atoms with van der Waals surface area (Å²) in [6, 6.07) is 8.24. The van der Waals surface area contributed by atoms with Gasteiger partial charge < -0.3 is 5.32 Å². The van der Waals surface area contributed by atoms with Crippen LogP contribution in [0.4, 0.5) is 18.9 Å². The molecule has 0 aliphatic heterocycles. The molecule has 0 spiro atoms. The number of rotatable bonds is 3. The van der Waals surface area contributed by atoms with E-state index in [0.717, 1.165) is 12.1 Å². The van der Waals surface area contributed by atoms with E-state index < -0.39 is 17.6 Å². The van der Waals surface area contributed by atoms with Crippen LogP contribution in [-0.4, -0.2) is 21.1 Å². The quantitative estimate of drug-likeness (QED) is 0.729. The number of aromatic nitrogens is 3. The molecular weight excluding hydrogens is 345 g/mol. The highest BCUT2D eigenvalue weighted by Crippen LogP contribution is 2.35. The van der Waals surface area contributed by atoms with Crippen molar-refractivity contribution in [3.63, 3.8) is 0 Å². The van der Waals surface area contributed by atoms with Gasteiger partial charge in [-0.05, 0) is 61.4 Å². The zero-order valence-corrected chi connectivity index (χ0v) is 14.0. The Kier molecular flexibility index (Phi) is 4.50. The Bertz CT molecular complexity index is 963. The fraction of sp³-hybridized carbons (Fsp3) is 0.167. The summed E-state index contributed by atoms with van der Waals surface area (Å²) in [4.78, 5) is 16.3. The number of pyridine rings is 1. The maximum Gasteiger partial charge on any atom is 0.416 e. The third-order valence-electron chi connectivity index (χ3n) is 3.69. The summed E-state index contributed by atoms with van der Waals surface area (Å²) >= 11 is 0. The van der Waals surface area contributed by atoms with Crippen molar-refractivity contribution >= 4 is 11.6 Å². The van der Waals surface area contributed by atoms with E-state index in [1.807, 2.05) is 0 Å². The van der Waals surface area contributed by atoms with Crippen LogP contribution >= 0.6 is 0 Å². The van der Waals surface area contributed by atoms with Crippen LogP contribution in [0, 0.1) is 13.8 Å². The van der Waals surface area contributed by atoms with Gasteiger partial charge in [0.05, 0.1) is 5.56 Å². The molecule has 8 heteroatoms. The summed E-state index contributed by atoms with van der Waals surface area (Å²) in [5.41, 5.74) is 1.55. The number of aromatic amines is 1. The van der Waals surface area contributed by atoms with Crippen molar-refractivity contribution in [2.75, 3.05) is 5.32 Å². The Labute approximate surface area is 147 Å². The van der Waals surface area contributed by atoms with E-state index in [4.69, 9.17) is 0 Å². The number of carbonyl (C=O) groups is 1. The van der Waals surface area contributed by atoms with Gasteiger partial charge in [0.25, 0.3) is 5.91 Å². The summed E-state index contributed by atoms with van der Waals surface area (Å²) in [5.74, 6) is -0.592. The molecule has 0 bridgehead atoms. The first-order valence-electron chi connectivity index (χ1n) is 7.71. The maximum atomic E-state index is 13.3. The number of H-pyrrole nitrogens is 1. The Balaban J connectivity index is 2.01. The lowest BCUT2D eigenvalue weighted by Gasteiger charge is -2.13. The summed E-state index contributed by atoms with van der Waals surface area (Å²) in [5, 5.41) is 8.90. The molecule has 1 aromatic carbocycles. The lowest BCUT2D eigenvalue weighted by Crippen LogP contribution is -2.14. The van der Waals surface area contributed by atoms with Crippen LogP contribution in [0.5, 0.6) is 0 Å². The summed E-state index contributed by atoms with van der Waals surface area (Å²) < 4.78 is 39.8. The van der Waals surface area contributed by atoms with Crippen molar-refractivity contribution in [2.24, 2.45) is 0 Å². The molecule has 0 unspecified atom stereocenters. The molecule has 0 saturated heterocycles. The molecule has 0 radical (unpaired) electrons. The predicted molar refractivity (Wildman–Crippen MR) is 90.7 cm³/mol. The minimum absolute atomic E-state index is 0.0370. The monoisotopic (exact) mass is 360 g/mol. The fourth-order valence-corrected chi connectivity index (χ4v) is 2.48. The van der Waals surface area contributed by atoms with Crippen molar-refractivity contribution in [3.05, 3.63) is 65.2 Å². The van der Waals surface area contributed by atoms with E-state index in [1.54, 1.807) is 26.0 Å². The molecule has 0 aliphatic carbocycles. The molecule has 3 rings (SSSR count). The lowest BCUT2D eigenvalue weighted by molar-refractivity contribution is -0.137. The third kappa shape index (κ3) is 3.90. The molecule has 2 N–H and O–H groups in total. The largest absolute Gasteiger partial charge is 0.416 e. The molecule has 0 saturated carbocycles. The predicted octanol–water partition coefficient (Wildman–Crippen LogP) is 4.36. The van der Waals surface area contributed by atoms with Crippen LogP contribution in [0.15, 0.2) is 42.6 Å². The number of anilines is 1. The molecule has 0 atom stereocenters. The zero-order valence-electron chi connectivity index (χ0n) is 14.0. The van der Waals surface area contributed by atoms with Crippen molar-refractivity contribution in [1.29, 1.82) is 0 Å². The molecule has 5 nitrogen and oxygen atoms in total. The number of benzene rings is 1. The number of nitrogens with zero attached hydrogens (tertiary/aromatic N) is 2. The van der Waals surface area contributed by atoms with Crippen molar-refractivity contribution < 1.29 is 18.0 Å². The third-order valence-corrected chi connectivity index (χ3v) is 3.69. The Morgan fingerprint density at radius 3 is 2.46 bits per heavy atom. The first-order valence-corrected chi connectivity index (χ1v) is 7.71. The van der Waals surface area contributed by atoms with E-state index in [0.29, 0.717) is 22.5 Å². The van der Waals surface area contributed by atoms with Gasteiger partial charge in [0.2, 0.25) is 0 Å². The summed E-state index contributed by atoms with van der Waals surface area (Å²) in [6.07, 6.45) is -3.02. The second-order valence-electron chi connectivity index (χ2n) is 5.87. The van der Waals surface area contributed by atoms with Gasteiger partial charge in [-0.15, -0.1) is 0 Å². The lowest BCUT2D eigenvalue weighted by atomic mass is 10.0. The Morgan fingerprint density at radius 2 is 1.85 bits per heavy atom. The average molecular weight is 360 g/mol. The Hall–Kier alpha value is -3.16. The summed E-state index contributed by atoms with van der Waals surface area (Å²) in [6.45, 7) is 3.47. The van der Waals surface area contributed by atoms with Gasteiger partial charge in [-0.25, -0.2) is 0 Å². The minimum atomic E-state index is -4.54. The Morgan fingerprint density at radius 1 is 1.08 bits per heavy atom. The standard InChI is InChI=1S/C18H15F3N4O/c1-10-5-12(3-4-22-10)13-7-14(18(19,20)21)9-15(8-13)23-17(26)16-6-11(2)24-25-16/h3-9H,1-2H3,(H,23,26)(H,24,25). The van der Waals surface area contributed by atoms with E-state index in [1.165, 1.54) is 18.3 Å². The second-order valence-corrected chi connectivity index (χ2v) is 5.87. The van der Waals surface area contributed by atoms with Crippen molar-refractivity contribution in [3.8, 4) is 11.1 Å². The van der Waals surface area contributed by atoms with Gasteiger partial charge in [-0.2, -0.15) is 18.3 Å². The number of amides is 1. The van der Waals surface area contributed by atoms with Crippen LogP contribution < -0.4 is 5.32 Å². The number of nitrogens with one attached hydrogen (secondary N) is 2. The number of alkyl halides is 3. The van der Waals surface area contributed by atoms with E-state index >= 15 is 0 Å². The summed E-state index contributed by atoms with van der Waals surface area (Å²) in [7, 11) is 0. The molecule has 1 amide bonds. The first-order chi connectivity index (χ1) is 12.2. The van der Waals surface area contributed by atoms with Crippen LogP contribution in [-0.2, 0) is 6.18 Å². The van der Waals surface area contributed by atoms with Crippen LogP contribution in [0.25, 0.3) is 11.1 Å². The van der Waals surface area contributed by atoms with E-state index in [2.05, 4.69) is 20.5 Å². The average Bonchev–Trinajstić information content (AvgIpc) is 3.00. The smallest absolute Gasteiger partial charge is 0.321 e. The van der Waals surface area contributed by atoms with Crippen molar-refractivity contribution in [2.45, 2.75) is 20.0 Å². The van der Waals surface area contributed by atoms with Gasteiger partial charge in [0.1, 0.15) is 0 Å². The highest BCUT2D eigenvalue weighted by atomic mass is 19.4. The number of halogens is 3. The van der Waals surface area contributed by atoms with Gasteiger partial charge in [-0.3, -0.25) is 14.9 Å². The van der Waals surface area contributed by atoms with Crippen LogP contribution in [0.3, 0.4) is 0 Å². The normalized spacial score (nSPS) is 11.4. The molecule has 26 heavy (non-hydrogen) atoms. The first kappa shape index (κ1) is 17.7. The van der Waals surface area contributed by atoms with Gasteiger partial charge in [0, 0.05) is 23.3 Å². The number of hydrogen-bond donors (Lipinski definition) is 2. The maximum absolute atomic E-state index is 13.3. The van der Waals surface area contributed by atoms with E-state index in [9.17, 15) is 18.0 Å². The topological polar surface area (TPSA) is 70.7 Å². The molecule has 2 aromatic heterocycles. The SMILES string of the molecule is Cc1cc(-c2cc(NC(=O)c3cc(C)[nH]n3)cc(C(F)(F)F)c2)ccn1. The minimum Gasteiger partial charge on any atom is -0.321 e. The van der Waals surface area contributed by atoms with Crippen molar-refractivity contribution in [1.82, 2.24) is 15.2 Å². The number of aryl methyl sites for hydroxylation is 2. The molecular formula is C18H15F3N4O. The zero-order chi connectivity index (χ0) is 18.9. The van der Waals surface area contributed by atoms with Gasteiger partial charge >= 0.3 is 6.18 Å². The van der Waals surface area contributed by atoms with Crippen LogP contribution in [0.2, 0.25) is 0 Å². The highest BCUT2D eigenvalue weighted by Gasteiger charge is 2.31. The molecule has 2 heterocycles.